The molecule has 0 unspecified atom stereocenters. The standard InChI is InChI=1S/C23H26N2O5/c1-29-22(27)20-13-8-14-25(20)23(28)24-19(15-17-9-4-2-5-10-17)21(26)30-16-18-11-6-3-7-12-18/h2-7,9-12,19-20H,8,13-16H2,1H3,(H,24,28)/t19-,20-/m0/s1. The molecule has 1 saturated heterocycles. The first-order valence-corrected chi connectivity index (χ1v) is 9.98. The van der Waals surface area contributed by atoms with E-state index in [0.717, 1.165) is 11.1 Å². The van der Waals surface area contributed by atoms with Gasteiger partial charge in [0, 0.05) is 13.0 Å². The summed E-state index contributed by atoms with van der Waals surface area (Å²) in [6, 6.07) is 16.8. The van der Waals surface area contributed by atoms with Crippen molar-refractivity contribution in [2.45, 2.75) is 38.0 Å². The Balaban J connectivity index is 1.69. The summed E-state index contributed by atoms with van der Waals surface area (Å²) in [5, 5.41) is 2.76. The molecule has 1 fully saturated rings. The summed E-state index contributed by atoms with van der Waals surface area (Å²) >= 11 is 0. The Morgan fingerprint density at radius 1 is 1.03 bits per heavy atom. The van der Waals surface area contributed by atoms with E-state index in [1.165, 1.54) is 12.0 Å². The molecule has 0 radical (unpaired) electrons. The molecule has 0 bridgehead atoms. The predicted octanol–water partition coefficient (Wildman–Crippen LogP) is 2.69. The van der Waals surface area contributed by atoms with Crippen LogP contribution in [0, 0.1) is 0 Å². The number of likely N-dealkylation sites (tertiary alicyclic amines) is 1. The molecule has 0 aliphatic carbocycles. The fraction of sp³-hybridized carbons (Fsp3) is 0.348. The highest BCUT2D eigenvalue weighted by atomic mass is 16.5. The third-order valence-corrected chi connectivity index (χ3v) is 5.08. The topological polar surface area (TPSA) is 84.9 Å². The molecule has 7 heteroatoms. The second kappa shape index (κ2) is 10.4. The van der Waals surface area contributed by atoms with Crippen molar-refractivity contribution < 1.29 is 23.9 Å². The van der Waals surface area contributed by atoms with Crippen molar-refractivity contribution >= 4 is 18.0 Å². The number of hydrogen-bond donors (Lipinski definition) is 1. The lowest BCUT2D eigenvalue weighted by Crippen LogP contribution is -2.52. The van der Waals surface area contributed by atoms with Gasteiger partial charge in [-0.15, -0.1) is 0 Å². The zero-order chi connectivity index (χ0) is 21.3. The number of ether oxygens (including phenoxy) is 2. The zero-order valence-electron chi connectivity index (χ0n) is 17.0. The molecule has 2 atom stereocenters. The molecule has 1 aliphatic rings. The van der Waals surface area contributed by atoms with Crippen LogP contribution in [0.3, 0.4) is 0 Å². The van der Waals surface area contributed by atoms with Crippen LogP contribution in [0.15, 0.2) is 60.7 Å². The van der Waals surface area contributed by atoms with Crippen LogP contribution >= 0.6 is 0 Å². The average Bonchev–Trinajstić information content (AvgIpc) is 3.28. The van der Waals surface area contributed by atoms with Crippen LogP contribution < -0.4 is 5.32 Å². The molecule has 1 aliphatic heterocycles. The highest BCUT2D eigenvalue weighted by Gasteiger charge is 2.36. The second-order valence-corrected chi connectivity index (χ2v) is 7.16. The molecule has 158 valence electrons. The normalized spacial score (nSPS) is 16.6. The lowest BCUT2D eigenvalue weighted by atomic mass is 10.1. The number of nitrogens with zero attached hydrogens (tertiary/aromatic N) is 1. The first-order valence-electron chi connectivity index (χ1n) is 9.98. The molecule has 30 heavy (non-hydrogen) atoms. The van der Waals surface area contributed by atoms with Gasteiger partial charge in [-0.25, -0.2) is 14.4 Å². The Bertz CT molecular complexity index is 856. The van der Waals surface area contributed by atoms with Crippen molar-refractivity contribution in [3.63, 3.8) is 0 Å². The molecule has 2 aromatic carbocycles. The van der Waals surface area contributed by atoms with Crippen LogP contribution in [0.2, 0.25) is 0 Å². The van der Waals surface area contributed by atoms with E-state index in [9.17, 15) is 14.4 Å². The number of rotatable bonds is 7. The van der Waals surface area contributed by atoms with Gasteiger partial charge in [0.1, 0.15) is 18.7 Å². The zero-order valence-corrected chi connectivity index (χ0v) is 17.0. The number of urea groups is 1. The highest BCUT2D eigenvalue weighted by molar-refractivity contribution is 5.87. The fourth-order valence-corrected chi connectivity index (χ4v) is 3.50. The molecular formula is C23H26N2O5. The van der Waals surface area contributed by atoms with Crippen LogP contribution in [-0.4, -0.2) is 48.6 Å². The van der Waals surface area contributed by atoms with Crippen molar-refractivity contribution in [2.24, 2.45) is 0 Å². The number of esters is 2. The molecule has 0 saturated carbocycles. The highest BCUT2D eigenvalue weighted by Crippen LogP contribution is 2.19. The van der Waals surface area contributed by atoms with Gasteiger partial charge in [-0.05, 0) is 24.0 Å². The molecule has 2 amide bonds. The third kappa shape index (κ3) is 5.59. The minimum atomic E-state index is -0.873. The summed E-state index contributed by atoms with van der Waals surface area (Å²) in [5.41, 5.74) is 1.76. The second-order valence-electron chi connectivity index (χ2n) is 7.16. The maximum atomic E-state index is 12.9. The molecule has 0 aromatic heterocycles. The smallest absolute Gasteiger partial charge is 0.329 e. The van der Waals surface area contributed by atoms with Crippen LogP contribution in [-0.2, 0) is 32.1 Å². The summed E-state index contributed by atoms with van der Waals surface area (Å²) in [6.45, 7) is 0.554. The number of carbonyl (C=O) groups is 3. The van der Waals surface area contributed by atoms with Gasteiger partial charge in [0.2, 0.25) is 0 Å². The van der Waals surface area contributed by atoms with Gasteiger partial charge < -0.3 is 19.7 Å². The van der Waals surface area contributed by atoms with Gasteiger partial charge in [0.15, 0.2) is 0 Å². The first kappa shape index (κ1) is 21.4. The summed E-state index contributed by atoms with van der Waals surface area (Å²) in [5.74, 6) is -0.973. The van der Waals surface area contributed by atoms with Crippen molar-refractivity contribution in [3.8, 4) is 0 Å². The van der Waals surface area contributed by atoms with Crippen LogP contribution in [0.4, 0.5) is 4.79 Å². The maximum Gasteiger partial charge on any atom is 0.329 e. The molecule has 1 heterocycles. The van der Waals surface area contributed by atoms with Gasteiger partial charge >= 0.3 is 18.0 Å². The molecule has 0 spiro atoms. The van der Waals surface area contributed by atoms with Crippen molar-refractivity contribution in [3.05, 3.63) is 71.8 Å². The Hall–Kier alpha value is -3.35. The van der Waals surface area contributed by atoms with Gasteiger partial charge in [0.05, 0.1) is 7.11 Å². The largest absolute Gasteiger partial charge is 0.467 e. The summed E-state index contributed by atoms with van der Waals surface area (Å²) in [6.07, 6.45) is 1.54. The molecule has 7 nitrogen and oxygen atoms in total. The number of benzene rings is 2. The molecular weight excluding hydrogens is 384 g/mol. The van der Waals surface area contributed by atoms with E-state index in [1.54, 1.807) is 0 Å². The fourth-order valence-electron chi connectivity index (χ4n) is 3.50. The van der Waals surface area contributed by atoms with Gasteiger partial charge in [-0.2, -0.15) is 0 Å². The van der Waals surface area contributed by atoms with E-state index in [4.69, 9.17) is 9.47 Å². The van der Waals surface area contributed by atoms with E-state index >= 15 is 0 Å². The van der Waals surface area contributed by atoms with Crippen molar-refractivity contribution in [2.75, 3.05) is 13.7 Å². The van der Waals surface area contributed by atoms with Gasteiger partial charge in [-0.1, -0.05) is 60.7 Å². The quantitative estimate of drug-likeness (QED) is 0.710. The number of carbonyl (C=O) groups excluding carboxylic acids is 3. The lowest BCUT2D eigenvalue weighted by Gasteiger charge is -2.26. The van der Waals surface area contributed by atoms with E-state index in [2.05, 4.69) is 5.32 Å². The lowest BCUT2D eigenvalue weighted by molar-refractivity contribution is -0.147. The van der Waals surface area contributed by atoms with Crippen molar-refractivity contribution in [1.82, 2.24) is 10.2 Å². The van der Waals surface area contributed by atoms with Crippen LogP contribution in [0.1, 0.15) is 24.0 Å². The number of methoxy groups -OCH3 is 1. The SMILES string of the molecule is COC(=O)[C@@H]1CCCN1C(=O)N[C@@H](Cc1ccccc1)C(=O)OCc1ccccc1. The molecule has 3 rings (SSSR count). The monoisotopic (exact) mass is 410 g/mol. The minimum absolute atomic E-state index is 0.120. The molecule has 1 N–H and O–H groups in total. The summed E-state index contributed by atoms with van der Waals surface area (Å²) < 4.78 is 10.3. The van der Waals surface area contributed by atoms with E-state index in [-0.39, 0.29) is 13.0 Å². The summed E-state index contributed by atoms with van der Waals surface area (Å²) in [7, 11) is 1.30. The minimum Gasteiger partial charge on any atom is -0.467 e. The predicted molar refractivity (Wildman–Crippen MR) is 110 cm³/mol. The van der Waals surface area contributed by atoms with E-state index in [1.807, 2.05) is 60.7 Å². The number of nitrogens with one attached hydrogen (secondary N) is 1. The Morgan fingerprint density at radius 3 is 2.30 bits per heavy atom. The van der Waals surface area contributed by atoms with Gasteiger partial charge in [-0.3, -0.25) is 0 Å². The van der Waals surface area contributed by atoms with E-state index in [0.29, 0.717) is 19.4 Å². The Labute approximate surface area is 176 Å². The van der Waals surface area contributed by atoms with E-state index < -0.39 is 30.1 Å². The van der Waals surface area contributed by atoms with Gasteiger partial charge in [0.25, 0.3) is 0 Å². The summed E-state index contributed by atoms with van der Waals surface area (Å²) in [4.78, 5) is 39.0. The maximum absolute atomic E-state index is 12.9. The number of hydrogen-bond acceptors (Lipinski definition) is 5. The Kier molecular flexibility index (Phi) is 7.43. The van der Waals surface area contributed by atoms with Crippen LogP contribution in [0.25, 0.3) is 0 Å². The third-order valence-electron chi connectivity index (χ3n) is 5.08. The first-order chi connectivity index (χ1) is 14.6. The molecule has 2 aromatic rings. The number of amides is 2. The van der Waals surface area contributed by atoms with Crippen molar-refractivity contribution in [1.29, 1.82) is 0 Å². The van der Waals surface area contributed by atoms with Crippen LogP contribution in [0.5, 0.6) is 0 Å². The average molecular weight is 410 g/mol. The Morgan fingerprint density at radius 2 is 1.67 bits per heavy atom.